The van der Waals surface area contributed by atoms with Crippen molar-refractivity contribution < 1.29 is 8.94 Å². The highest BCUT2D eigenvalue weighted by Crippen LogP contribution is 2.16. The van der Waals surface area contributed by atoms with E-state index in [0.29, 0.717) is 17.5 Å². The SMILES string of the molecule is Cc1noc(-c2ccco2)n1. The van der Waals surface area contributed by atoms with Crippen LogP contribution >= 0.6 is 0 Å². The molecule has 0 aliphatic heterocycles. The van der Waals surface area contributed by atoms with Gasteiger partial charge in [-0.05, 0) is 19.1 Å². The zero-order valence-corrected chi connectivity index (χ0v) is 5.94. The average Bonchev–Trinajstić information content (AvgIpc) is 2.55. The Labute approximate surface area is 62.8 Å². The van der Waals surface area contributed by atoms with E-state index in [0.717, 1.165) is 0 Å². The van der Waals surface area contributed by atoms with E-state index in [2.05, 4.69) is 10.1 Å². The van der Waals surface area contributed by atoms with E-state index in [1.807, 2.05) is 0 Å². The second-order valence-electron chi connectivity index (χ2n) is 2.12. The van der Waals surface area contributed by atoms with Crippen LogP contribution in [0.25, 0.3) is 11.7 Å². The third kappa shape index (κ3) is 1.02. The fourth-order valence-corrected chi connectivity index (χ4v) is 0.797. The van der Waals surface area contributed by atoms with Gasteiger partial charge in [0.05, 0.1) is 6.26 Å². The summed E-state index contributed by atoms with van der Waals surface area (Å²) in [5.41, 5.74) is 0. The van der Waals surface area contributed by atoms with Crippen LogP contribution in [0.3, 0.4) is 0 Å². The van der Waals surface area contributed by atoms with Crippen molar-refractivity contribution in [3.05, 3.63) is 24.2 Å². The third-order valence-corrected chi connectivity index (χ3v) is 1.26. The molecule has 0 atom stereocenters. The Morgan fingerprint density at radius 2 is 2.36 bits per heavy atom. The fourth-order valence-electron chi connectivity index (χ4n) is 0.797. The molecule has 56 valence electrons. The number of hydrogen-bond donors (Lipinski definition) is 0. The van der Waals surface area contributed by atoms with E-state index in [4.69, 9.17) is 8.94 Å². The van der Waals surface area contributed by atoms with Crippen LogP contribution in [-0.2, 0) is 0 Å². The number of aryl methyl sites for hydroxylation is 1. The third-order valence-electron chi connectivity index (χ3n) is 1.26. The summed E-state index contributed by atoms with van der Waals surface area (Å²) < 4.78 is 9.89. The molecule has 0 aliphatic carbocycles. The molecule has 11 heavy (non-hydrogen) atoms. The molecule has 0 N–H and O–H groups in total. The van der Waals surface area contributed by atoms with Gasteiger partial charge in [0.1, 0.15) is 0 Å². The van der Waals surface area contributed by atoms with Crippen LogP contribution in [0.2, 0.25) is 0 Å². The molecule has 4 heteroatoms. The molecule has 0 saturated carbocycles. The van der Waals surface area contributed by atoms with Crippen LogP contribution in [0.15, 0.2) is 27.3 Å². The second-order valence-corrected chi connectivity index (χ2v) is 2.12. The molecule has 0 amide bonds. The minimum absolute atomic E-state index is 0.424. The first-order valence-electron chi connectivity index (χ1n) is 3.20. The van der Waals surface area contributed by atoms with E-state index in [9.17, 15) is 0 Å². The van der Waals surface area contributed by atoms with Gasteiger partial charge in [0, 0.05) is 0 Å². The number of hydrogen-bond acceptors (Lipinski definition) is 4. The van der Waals surface area contributed by atoms with Gasteiger partial charge in [-0.15, -0.1) is 0 Å². The van der Waals surface area contributed by atoms with E-state index in [-0.39, 0.29) is 0 Å². The van der Waals surface area contributed by atoms with Crippen LogP contribution < -0.4 is 0 Å². The molecule has 2 aromatic rings. The summed E-state index contributed by atoms with van der Waals surface area (Å²) in [6.45, 7) is 1.76. The summed E-state index contributed by atoms with van der Waals surface area (Å²) in [7, 11) is 0. The van der Waals surface area contributed by atoms with Crippen molar-refractivity contribution in [1.29, 1.82) is 0 Å². The molecule has 0 saturated heterocycles. The molecule has 2 aromatic heterocycles. The number of aromatic nitrogens is 2. The fraction of sp³-hybridized carbons (Fsp3) is 0.143. The van der Waals surface area contributed by atoms with Crippen LogP contribution in [-0.4, -0.2) is 10.1 Å². The Morgan fingerprint density at radius 1 is 1.45 bits per heavy atom. The molecule has 0 unspecified atom stereocenters. The lowest BCUT2D eigenvalue weighted by atomic mass is 10.4. The van der Waals surface area contributed by atoms with Gasteiger partial charge in [-0.1, -0.05) is 5.16 Å². The zero-order valence-electron chi connectivity index (χ0n) is 5.94. The Balaban J connectivity index is 2.45. The van der Waals surface area contributed by atoms with E-state index in [1.54, 1.807) is 25.3 Å². The lowest BCUT2D eigenvalue weighted by Gasteiger charge is -1.81. The number of nitrogens with zero attached hydrogens (tertiary/aromatic N) is 2. The Bertz CT molecular complexity index is 337. The summed E-state index contributed by atoms with van der Waals surface area (Å²) >= 11 is 0. The molecular formula is C7H6N2O2. The van der Waals surface area contributed by atoms with Crippen molar-refractivity contribution >= 4 is 0 Å². The Morgan fingerprint density at radius 3 is 2.91 bits per heavy atom. The molecule has 0 radical (unpaired) electrons. The Kier molecular flexibility index (Phi) is 1.25. The molecule has 0 bridgehead atoms. The van der Waals surface area contributed by atoms with Gasteiger partial charge in [0.2, 0.25) is 0 Å². The van der Waals surface area contributed by atoms with Crippen LogP contribution in [0.4, 0.5) is 0 Å². The predicted octanol–water partition coefficient (Wildman–Crippen LogP) is 1.64. The van der Waals surface area contributed by atoms with E-state index in [1.165, 1.54) is 0 Å². The summed E-state index contributed by atoms with van der Waals surface area (Å²) in [6, 6.07) is 3.54. The van der Waals surface area contributed by atoms with Crippen LogP contribution in [0, 0.1) is 6.92 Å². The minimum Gasteiger partial charge on any atom is -0.459 e. The monoisotopic (exact) mass is 150 g/mol. The Hall–Kier alpha value is -1.58. The highest BCUT2D eigenvalue weighted by Gasteiger charge is 2.07. The van der Waals surface area contributed by atoms with Crippen molar-refractivity contribution in [3.8, 4) is 11.7 Å². The van der Waals surface area contributed by atoms with Gasteiger partial charge in [0.25, 0.3) is 5.89 Å². The minimum atomic E-state index is 0.424. The highest BCUT2D eigenvalue weighted by atomic mass is 16.5. The quantitative estimate of drug-likeness (QED) is 0.620. The van der Waals surface area contributed by atoms with Gasteiger partial charge < -0.3 is 8.94 Å². The van der Waals surface area contributed by atoms with E-state index >= 15 is 0 Å². The van der Waals surface area contributed by atoms with Crippen molar-refractivity contribution in [2.75, 3.05) is 0 Å². The van der Waals surface area contributed by atoms with Crippen LogP contribution in [0.1, 0.15) is 5.82 Å². The lowest BCUT2D eigenvalue weighted by molar-refractivity contribution is 0.411. The van der Waals surface area contributed by atoms with Crippen molar-refractivity contribution in [1.82, 2.24) is 10.1 Å². The standard InChI is InChI=1S/C7H6N2O2/c1-5-8-7(11-9-5)6-3-2-4-10-6/h2-4H,1H3. The van der Waals surface area contributed by atoms with Gasteiger partial charge in [-0.3, -0.25) is 0 Å². The lowest BCUT2D eigenvalue weighted by Crippen LogP contribution is -1.72. The molecular weight excluding hydrogens is 144 g/mol. The molecule has 0 spiro atoms. The maximum atomic E-state index is 5.04. The molecule has 4 nitrogen and oxygen atoms in total. The van der Waals surface area contributed by atoms with Crippen molar-refractivity contribution in [2.24, 2.45) is 0 Å². The molecule has 2 rings (SSSR count). The van der Waals surface area contributed by atoms with Gasteiger partial charge >= 0.3 is 0 Å². The zero-order chi connectivity index (χ0) is 7.68. The van der Waals surface area contributed by atoms with Crippen molar-refractivity contribution in [2.45, 2.75) is 6.92 Å². The number of rotatable bonds is 1. The predicted molar refractivity (Wildman–Crippen MR) is 36.7 cm³/mol. The topological polar surface area (TPSA) is 52.1 Å². The van der Waals surface area contributed by atoms with Crippen molar-refractivity contribution in [3.63, 3.8) is 0 Å². The summed E-state index contributed by atoms with van der Waals surface area (Å²) in [6.07, 6.45) is 1.56. The average molecular weight is 150 g/mol. The maximum absolute atomic E-state index is 5.04. The van der Waals surface area contributed by atoms with Crippen LogP contribution in [0.5, 0.6) is 0 Å². The van der Waals surface area contributed by atoms with Gasteiger partial charge in [0.15, 0.2) is 11.6 Å². The number of furan rings is 1. The largest absolute Gasteiger partial charge is 0.459 e. The normalized spacial score (nSPS) is 10.3. The van der Waals surface area contributed by atoms with E-state index < -0.39 is 0 Å². The summed E-state index contributed by atoms with van der Waals surface area (Å²) in [4.78, 5) is 3.98. The molecule has 0 aliphatic rings. The van der Waals surface area contributed by atoms with Gasteiger partial charge in [-0.2, -0.15) is 4.98 Å². The summed E-state index contributed by atoms with van der Waals surface area (Å²) in [5.74, 6) is 1.63. The molecule has 2 heterocycles. The second kappa shape index (κ2) is 2.23. The maximum Gasteiger partial charge on any atom is 0.293 e. The molecule has 0 aromatic carbocycles. The first-order valence-corrected chi connectivity index (χ1v) is 3.20. The first kappa shape index (κ1) is 6.15. The molecule has 0 fully saturated rings. The highest BCUT2D eigenvalue weighted by molar-refractivity contribution is 5.42. The first-order chi connectivity index (χ1) is 5.36. The summed E-state index contributed by atoms with van der Waals surface area (Å²) in [5, 5.41) is 3.63. The van der Waals surface area contributed by atoms with Gasteiger partial charge in [-0.25, -0.2) is 0 Å². The smallest absolute Gasteiger partial charge is 0.293 e.